The summed E-state index contributed by atoms with van der Waals surface area (Å²) in [5, 5.41) is 9.43. The van der Waals surface area contributed by atoms with Crippen molar-refractivity contribution >= 4 is 0 Å². The van der Waals surface area contributed by atoms with Crippen LogP contribution in [0.25, 0.3) is 0 Å². The first-order chi connectivity index (χ1) is 7.21. The van der Waals surface area contributed by atoms with Gasteiger partial charge in [-0.1, -0.05) is 18.2 Å². The number of rotatable bonds is 2. The highest BCUT2D eigenvalue weighted by molar-refractivity contribution is 5.38. The summed E-state index contributed by atoms with van der Waals surface area (Å²) in [4.78, 5) is 0. The van der Waals surface area contributed by atoms with E-state index in [2.05, 4.69) is 25.1 Å². The number of benzene rings is 1. The Morgan fingerprint density at radius 3 is 2.93 bits per heavy atom. The molecule has 1 unspecified atom stereocenters. The van der Waals surface area contributed by atoms with Crippen LogP contribution in [0.5, 0.6) is 0 Å². The molecular formula is C13H18O2. The van der Waals surface area contributed by atoms with E-state index in [9.17, 15) is 5.11 Å². The average Bonchev–Trinajstić information content (AvgIpc) is 2.29. The highest BCUT2D eigenvalue weighted by atomic mass is 16.5. The molecule has 15 heavy (non-hydrogen) atoms. The molecule has 1 N–H and O–H groups in total. The number of aliphatic hydroxyl groups excluding tert-OH is 1. The molecule has 1 aliphatic carbocycles. The fourth-order valence-corrected chi connectivity index (χ4v) is 2.40. The molecule has 2 nitrogen and oxygen atoms in total. The summed E-state index contributed by atoms with van der Waals surface area (Å²) in [5.41, 5.74) is 3.73. The second kappa shape index (κ2) is 3.95. The maximum absolute atomic E-state index is 9.43. The SMILES string of the molecule is COC1(CO)CCc2cccc(C)c2C1. The number of fused-ring (bicyclic) bond motifs is 1. The lowest BCUT2D eigenvalue weighted by Gasteiger charge is -2.36. The topological polar surface area (TPSA) is 29.5 Å². The van der Waals surface area contributed by atoms with Gasteiger partial charge >= 0.3 is 0 Å². The monoisotopic (exact) mass is 206 g/mol. The van der Waals surface area contributed by atoms with E-state index < -0.39 is 0 Å². The number of methoxy groups -OCH3 is 1. The minimum Gasteiger partial charge on any atom is -0.393 e. The maximum Gasteiger partial charge on any atom is 0.0951 e. The molecule has 0 saturated heterocycles. The zero-order chi connectivity index (χ0) is 10.9. The lowest BCUT2D eigenvalue weighted by atomic mass is 9.79. The van der Waals surface area contributed by atoms with Crippen LogP contribution >= 0.6 is 0 Å². The zero-order valence-corrected chi connectivity index (χ0v) is 9.42. The summed E-state index contributed by atoms with van der Waals surface area (Å²) in [6.45, 7) is 2.24. The van der Waals surface area contributed by atoms with Crippen molar-refractivity contribution in [2.45, 2.75) is 31.8 Å². The summed E-state index contributed by atoms with van der Waals surface area (Å²) in [5.74, 6) is 0. The number of hydrogen-bond donors (Lipinski definition) is 1. The summed E-state index contributed by atoms with van der Waals surface area (Å²) >= 11 is 0. The minimum absolute atomic E-state index is 0.108. The molecule has 82 valence electrons. The Kier molecular flexibility index (Phi) is 2.81. The Bertz CT molecular complexity index is 354. The molecule has 0 aromatic heterocycles. The molecule has 0 heterocycles. The van der Waals surface area contributed by atoms with E-state index in [-0.39, 0.29) is 12.2 Å². The Hall–Kier alpha value is -0.860. The molecule has 1 aromatic rings. The largest absolute Gasteiger partial charge is 0.393 e. The van der Waals surface area contributed by atoms with E-state index in [4.69, 9.17) is 4.74 Å². The van der Waals surface area contributed by atoms with E-state index >= 15 is 0 Å². The predicted molar refractivity (Wildman–Crippen MR) is 60.0 cm³/mol. The number of hydrogen-bond acceptors (Lipinski definition) is 2. The van der Waals surface area contributed by atoms with Gasteiger partial charge in [0.2, 0.25) is 0 Å². The van der Waals surface area contributed by atoms with Gasteiger partial charge in [0.25, 0.3) is 0 Å². The molecule has 0 fully saturated rings. The van der Waals surface area contributed by atoms with Gasteiger partial charge in [0.05, 0.1) is 12.2 Å². The normalized spacial score (nSPS) is 25.0. The Morgan fingerprint density at radius 1 is 1.47 bits per heavy atom. The van der Waals surface area contributed by atoms with Crippen LogP contribution in [0, 0.1) is 6.92 Å². The summed E-state index contributed by atoms with van der Waals surface area (Å²) in [6, 6.07) is 6.41. The lowest BCUT2D eigenvalue weighted by molar-refractivity contribution is -0.0608. The first kappa shape index (κ1) is 10.7. The van der Waals surface area contributed by atoms with Crippen LogP contribution in [0.1, 0.15) is 23.1 Å². The van der Waals surface area contributed by atoms with Crippen LogP contribution in [0.3, 0.4) is 0 Å². The van der Waals surface area contributed by atoms with Crippen molar-refractivity contribution in [1.82, 2.24) is 0 Å². The molecule has 0 spiro atoms. The van der Waals surface area contributed by atoms with Gasteiger partial charge in [-0.2, -0.15) is 0 Å². The van der Waals surface area contributed by atoms with Crippen molar-refractivity contribution in [2.75, 3.05) is 13.7 Å². The third kappa shape index (κ3) is 1.80. The van der Waals surface area contributed by atoms with Crippen LogP contribution < -0.4 is 0 Å². The second-order valence-electron chi connectivity index (χ2n) is 4.43. The van der Waals surface area contributed by atoms with Crippen molar-refractivity contribution in [3.63, 3.8) is 0 Å². The molecule has 1 aromatic carbocycles. The Morgan fingerprint density at radius 2 is 2.27 bits per heavy atom. The number of ether oxygens (including phenoxy) is 1. The van der Waals surface area contributed by atoms with Gasteiger partial charge in [-0.05, 0) is 36.5 Å². The van der Waals surface area contributed by atoms with Crippen LogP contribution in [0.2, 0.25) is 0 Å². The molecule has 1 atom stereocenters. The van der Waals surface area contributed by atoms with E-state index in [0.29, 0.717) is 0 Å². The first-order valence-electron chi connectivity index (χ1n) is 5.44. The average molecular weight is 206 g/mol. The molecular weight excluding hydrogens is 188 g/mol. The van der Waals surface area contributed by atoms with Gasteiger partial charge < -0.3 is 9.84 Å². The molecule has 0 amide bonds. The summed E-state index contributed by atoms with van der Waals surface area (Å²) < 4.78 is 5.49. The quantitative estimate of drug-likeness (QED) is 0.800. The van der Waals surface area contributed by atoms with Gasteiger partial charge in [0.1, 0.15) is 0 Å². The fraction of sp³-hybridized carbons (Fsp3) is 0.538. The number of aryl methyl sites for hydroxylation is 2. The van der Waals surface area contributed by atoms with Crippen molar-refractivity contribution in [1.29, 1.82) is 0 Å². The zero-order valence-electron chi connectivity index (χ0n) is 9.42. The molecule has 2 heteroatoms. The predicted octanol–water partition coefficient (Wildman–Crippen LogP) is 1.86. The Balaban J connectivity index is 2.36. The van der Waals surface area contributed by atoms with Crippen molar-refractivity contribution in [2.24, 2.45) is 0 Å². The molecule has 2 rings (SSSR count). The van der Waals surface area contributed by atoms with Gasteiger partial charge in [-0.15, -0.1) is 0 Å². The molecule has 0 aliphatic heterocycles. The van der Waals surface area contributed by atoms with Crippen molar-refractivity contribution < 1.29 is 9.84 Å². The highest BCUT2D eigenvalue weighted by Crippen LogP contribution is 2.32. The van der Waals surface area contributed by atoms with Crippen LogP contribution in [0.15, 0.2) is 18.2 Å². The van der Waals surface area contributed by atoms with E-state index in [1.54, 1.807) is 7.11 Å². The standard InChI is InChI=1S/C13H18O2/c1-10-4-3-5-11-6-7-13(9-14,15-2)8-12(10)11/h3-5,14H,6-9H2,1-2H3. The maximum atomic E-state index is 9.43. The van der Waals surface area contributed by atoms with Gasteiger partial charge in [0, 0.05) is 13.5 Å². The second-order valence-corrected chi connectivity index (χ2v) is 4.43. The third-order valence-electron chi connectivity index (χ3n) is 3.58. The van der Waals surface area contributed by atoms with Crippen molar-refractivity contribution in [3.05, 3.63) is 34.9 Å². The van der Waals surface area contributed by atoms with E-state index in [0.717, 1.165) is 19.3 Å². The summed E-state index contributed by atoms with van der Waals surface area (Å²) in [7, 11) is 1.69. The third-order valence-corrected chi connectivity index (χ3v) is 3.58. The van der Waals surface area contributed by atoms with E-state index in [1.165, 1.54) is 16.7 Å². The molecule has 1 aliphatic rings. The smallest absolute Gasteiger partial charge is 0.0951 e. The Labute approximate surface area is 90.9 Å². The van der Waals surface area contributed by atoms with Gasteiger partial charge in [0.15, 0.2) is 0 Å². The number of aliphatic hydroxyl groups is 1. The van der Waals surface area contributed by atoms with Gasteiger partial charge in [-0.25, -0.2) is 0 Å². The van der Waals surface area contributed by atoms with Crippen LogP contribution in [-0.2, 0) is 17.6 Å². The van der Waals surface area contributed by atoms with Gasteiger partial charge in [-0.3, -0.25) is 0 Å². The molecule has 0 bridgehead atoms. The molecule has 0 saturated carbocycles. The minimum atomic E-state index is -0.348. The highest BCUT2D eigenvalue weighted by Gasteiger charge is 2.34. The van der Waals surface area contributed by atoms with Crippen LogP contribution in [-0.4, -0.2) is 24.4 Å². The first-order valence-corrected chi connectivity index (χ1v) is 5.44. The lowest BCUT2D eigenvalue weighted by Crippen LogP contribution is -2.41. The van der Waals surface area contributed by atoms with Crippen molar-refractivity contribution in [3.8, 4) is 0 Å². The van der Waals surface area contributed by atoms with E-state index in [1.807, 2.05) is 0 Å². The summed E-state index contributed by atoms with van der Waals surface area (Å²) in [6.07, 6.45) is 2.75. The fourth-order valence-electron chi connectivity index (χ4n) is 2.40. The van der Waals surface area contributed by atoms with Crippen LogP contribution in [0.4, 0.5) is 0 Å². The molecule has 0 radical (unpaired) electrons.